The number of nitrogens with zero attached hydrogens (tertiary/aromatic N) is 2. The summed E-state index contributed by atoms with van der Waals surface area (Å²) in [5, 5.41) is 6.87. The molecule has 0 spiro atoms. The molecule has 36 heavy (non-hydrogen) atoms. The molecule has 0 bridgehead atoms. The van der Waals surface area contributed by atoms with Gasteiger partial charge in [0.2, 0.25) is 15.9 Å². The van der Waals surface area contributed by atoms with Crippen molar-refractivity contribution in [3.05, 3.63) is 101 Å². The third kappa shape index (κ3) is 6.88. The maximum Gasteiger partial charge on any atom is 0.257 e. The molecule has 1 fully saturated rings. The molecule has 0 atom stereocenters. The molecule has 0 radical (unpaired) electrons. The van der Waals surface area contributed by atoms with Gasteiger partial charge in [0.05, 0.1) is 17.8 Å². The minimum absolute atomic E-state index is 0.0996. The van der Waals surface area contributed by atoms with Crippen LogP contribution in [0.2, 0.25) is 0 Å². The van der Waals surface area contributed by atoms with E-state index in [0.29, 0.717) is 43.1 Å². The van der Waals surface area contributed by atoms with Gasteiger partial charge in [0.1, 0.15) is 0 Å². The molecule has 3 aromatic rings. The second-order valence-corrected chi connectivity index (χ2v) is 10.2. The van der Waals surface area contributed by atoms with E-state index in [4.69, 9.17) is 0 Å². The van der Waals surface area contributed by atoms with Gasteiger partial charge in [0.25, 0.3) is 5.91 Å². The molecule has 1 aliphatic rings. The molecule has 8 nitrogen and oxygen atoms in total. The van der Waals surface area contributed by atoms with Crippen molar-refractivity contribution >= 4 is 39.3 Å². The fraction of sp³-hybridized carbons (Fsp3) is 0.185. The van der Waals surface area contributed by atoms with E-state index in [2.05, 4.69) is 10.6 Å². The molecule has 2 amide bonds. The number of amides is 2. The number of anilines is 2. The lowest BCUT2D eigenvalue weighted by atomic mass is 10.1. The van der Waals surface area contributed by atoms with Gasteiger partial charge in [-0.15, -0.1) is 0 Å². The van der Waals surface area contributed by atoms with Gasteiger partial charge in [-0.05, 0) is 35.9 Å². The van der Waals surface area contributed by atoms with Crippen LogP contribution < -0.4 is 10.6 Å². The van der Waals surface area contributed by atoms with Crippen LogP contribution in [0, 0.1) is 0 Å². The van der Waals surface area contributed by atoms with Crippen LogP contribution in [0.1, 0.15) is 15.9 Å². The Hall–Kier alpha value is -3.79. The highest BCUT2D eigenvalue weighted by Gasteiger charge is 2.26. The zero-order valence-corrected chi connectivity index (χ0v) is 20.5. The van der Waals surface area contributed by atoms with Crippen LogP contribution in [0.5, 0.6) is 0 Å². The number of para-hydroxylation sites is 2. The van der Waals surface area contributed by atoms with Gasteiger partial charge >= 0.3 is 0 Å². The highest BCUT2D eigenvalue weighted by Crippen LogP contribution is 2.18. The standard InChI is InChI=1S/C27H28N4O4S/c32-26(29-25-14-8-7-13-24(25)27(33)28-23-11-5-2-6-12-23)21-30-16-18-31(19-17-30)36(34,35)20-15-22-9-3-1-4-10-22/h1-15,20H,16-19,21H2,(H,28,33)(H,29,32)/b20-15+. The van der Waals surface area contributed by atoms with Crippen molar-refractivity contribution in [3.63, 3.8) is 0 Å². The normalized spacial score (nSPS) is 15.0. The van der Waals surface area contributed by atoms with Crippen molar-refractivity contribution in [2.45, 2.75) is 0 Å². The van der Waals surface area contributed by atoms with E-state index in [1.165, 1.54) is 9.71 Å². The monoisotopic (exact) mass is 504 g/mol. The smallest absolute Gasteiger partial charge is 0.257 e. The largest absolute Gasteiger partial charge is 0.324 e. The molecular formula is C27H28N4O4S. The number of carbonyl (C=O) groups excluding carboxylic acids is 2. The first-order valence-corrected chi connectivity index (χ1v) is 13.1. The van der Waals surface area contributed by atoms with Gasteiger partial charge in [0, 0.05) is 37.3 Å². The van der Waals surface area contributed by atoms with Gasteiger partial charge < -0.3 is 10.6 Å². The van der Waals surface area contributed by atoms with Crippen LogP contribution in [-0.4, -0.2) is 62.2 Å². The van der Waals surface area contributed by atoms with E-state index in [-0.39, 0.29) is 18.4 Å². The third-order valence-electron chi connectivity index (χ3n) is 5.77. The molecule has 4 rings (SSSR count). The molecule has 3 aromatic carbocycles. The van der Waals surface area contributed by atoms with Crippen LogP contribution in [0.3, 0.4) is 0 Å². The predicted octanol–water partition coefficient (Wildman–Crippen LogP) is 3.50. The van der Waals surface area contributed by atoms with Crippen molar-refractivity contribution < 1.29 is 18.0 Å². The van der Waals surface area contributed by atoms with Crippen molar-refractivity contribution in [2.24, 2.45) is 0 Å². The minimum atomic E-state index is -3.54. The van der Waals surface area contributed by atoms with Crippen LogP contribution in [0.25, 0.3) is 6.08 Å². The maximum absolute atomic E-state index is 12.7. The summed E-state index contributed by atoms with van der Waals surface area (Å²) in [6.45, 7) is 1.56. The molecule has 9 heteroatoms. The molecule has 0 saturated carbocycles. The summed E-state index contributed by atoms with van der Waals surface area (Å²) >= 11 is 0. The van der Waals surface area contributed by atoms with Gasteiger partial charge in [-0.25, -0.2) is 8.42 Å². The fourth-order valence-electron chi connectivity index (χ4n) is 3.86. The summed E-state index contributed by atoms with van der Waals surface area (Å²) in [4.78, 5) is 27.4. The van der Waals surface area contributed by atoms with Gasteiger partial charge in [-0.2, -0.15) is 4.31 Å². The Labute approximate surface area is 211 Å². The molecule has 186 valence electrons. The number of hydrogen-bond donors (Lipinski definition) is 2. The maximum atomic E-state index is 12.7. The van der Waals surface area contributed by atoms with Crippen LogP contribution in [-0.2, 0) is 14.8 Å². The average Bonchev–Trinajstić information content (AvgIpc) is 2.89. The van der Waals surface area contributed by atoms with Crippen molar-refractivity contribution in [3.8, 4) is 0 Å². The Morgan fingerprint density at radius 2 is 1.39 bits per heavy atom. The third-order valence-corrected chi connectivity index (χ3v) is 7.33. The summed E-state index contributed by atoms with van der Waals surface area (Å²) in [5.41, 5.74) is 2.25. The second kappa shape index (κ2) is 11.8. The summed E-state index contributed by atoms with van der Waals surface area (Å²) in [7, 11) is -3.54. The Balaban J connectivity index is 1.30. The molecule has 0 aromatic heterocycles. The minimum Gasteiger partial charge on any atom is -0.324 e. The van der Waals surface area contributed by atoms with Gasteiger partial charge in [-0.1, -0.05) is 60.7 Å². The highest BCUT2D eigenvalue weighted by molar-refractivity contribution is 7.92. The molecule has 0 aliphatic carbocycles. The van der Waals surface area contributed by atoms with Gasteiger partial charge in [-0.3, -0.25) is 14.5 Å². The lowest BCUT2D eigenvalue weighted by Crippen LogP contribution is -2.49. The number of carbonyl (C=O) groups is 2. The van der Waals surface area contributed by atoms with Crippen LogP contribution in [0.15, 0.2) is 90.3 Å². The van der Waals surface area contributed by atoms with Crippen molar-refractivity contribution in [1.82, 2.24) is 9.21 Å². The van der Waals surface area contributed by atoms with Crippen LogP contribution >= 0.6 is 0 Å². The number of piperazine rings is 1. The quantitative estimate of drug-likeness (QED) is 0.489. The van der Waals surface area contributed by atoms with E-state index in [0.717, 1.165) is 5.56 Å². The van der Waals surface area contributed by atoms with Crippen molar-refractivity contribution in [2.75, 3.05) is 43.4 Å². The first kappa shape index (κ1) is 25.3. The second-order valence-electron chi connectivity index (χ2n) is 8.35. The number of nitrogens with one attached hydrogen (secondary N) is 2. The Morgan fingerprint density at radius 3 is 2.08 bits per heavy atom. The summed E-state index contributed by atoms with van der Waals surface area (Å²) in [6.07, 6.45) is 1.58. The van der Waals surface area contributed by atoms with Gasteiger partial charge in [0.15, 0.2) is 0 Å². The molecule has 1 aliphatic heterocycles. The van der Waals surface area contributed by atoms with E-state index < -0.39 is 10.0 Å². The topological polar surface area (TPSA) is 98.8 Å². The number of sulfonamides is 1. The Morgan fingerprint density at radius 1 is 0.778 bits per heavy atom. The average molecular weight is 505 g/mol. The summed E-state index contributed by atoms with van der Waals surface area (Å²) < 4.78 is 26.8. The zero-order valence-electron chi connectivity index (χ0n) is 19.7. The number of benzene rings is 3. The SMILES string of the molecule is O=C(CN1CCN(S(=O)(=O)/C=C/c2ccccc2)CC1)Nc1ccccc1C(=O)Nc1ccccc1. The molecule has 1 heterocycles. The fourth-order valence-corrected chi connectivity index (χ4v) is 5.03. The number of hydrogen-bond acceptors (Lipinski definition) is 5. The first-order chi connectivity index (χ1) is 17.4. The Bertz CT molecular complexity index is 1320. The summed E-state index contributed by atoms with van der Waals surface area (Å²) in [6, 6.07) is 25.2. The number of rotatable bonds is 8. The molecule has 1 saturated heterocycles. The molecule has 0 unspecified atom stereocenters. The van der Waals surface area contributed by atoms with E-state index >= 15 is 0 Å². The van der Waals surface area contributed by atoms with E-state index in [9.17, 15) is 18.0 Å². The highest BCUT2D eigenvalue weighted by atomic mass is 32.2. The lowest BCUT2D eigenvalue weighted by Gasteiger charge is -2.32. The van der Waals surface area contributed by atoms with Crippen LogP contribution in [0.4, 0.5) is 11.4 Å². The Kier molecular flexibility index (Phi) is 8.27. The van der Waals surface area contributed by atoms with Crippen molar-refractivity contribution in [1.29, 1.82) is 0 Å². The van der Waals surface area contributed by atoms with E-state index in [1.807, 2.05) is 53.4 Å². The first-order valence-electron chi connectivity index (χ1n) is 11.6. The predicted molar refractivity (Wildman–Crippen MR) is 142 cm³/mol. The van der Waals surface area contributed by atoms with E-state index in [1.54, 1.807) is 42.5 Å². The lowest BCUT2D eigenvalue weighted by molar-refractivity contribution is -0.117. The molecular weight excluding hydrogens is 476 g/mol. The zero-order chi connectivity index (χ0) is 25.4. The summed E-state index contributed by atoms with van der Waals surface area (Å²) in [5.74, 6) is -0.588. The molecule has 2 N–H and O–H groups in total.